The number of likely N-dealkylation sites (tertiary alicyclic amines) is 1. The lowest BCUT2D eigenvalue weighted by molar-refractivity contribution is -0.135. The van der Waals surface area contributed by atoms with Crippen LogP contribution in [0.2, 0.25) is 5.15 Å². The first kappa shape index (κ1) is 15.7. The molecule has 0 aliphatic carbocycles. The van der Waals surface area contributed by atoms with E-state index in [0.29, 0.717) is 13.1 Å². The standard InChI is InChI=1S/C14H19ClN4O2/c1-9(2)14(21)19-7-5-10(6-8-19)16-13(20)11-3-4-12(15)18-17-11/h3-4,9-10H,5-8H2,1-2H3,(H,16,20). The smallest absolute Gasteiger partial charge is 0.272 e. The molecule has 1 fully saturated rings. The van der Waals surface area contributed by atoms with E-state index in [4.69, 9.17) is 11.6 Å². The van der Waals surface area contributed by atoms with Crippen LogP contribution in [0.25, 0.3) is 0 Å². The number of halogens is 1. The van der Waals surface area contributed by atoms with Crippen LogP contribution in [-0.2, 0) is 4.79 Å². The first-order chi connectivity index (χ1) is 9.97. The summed E-state index contributed by atoms with van der Waals surface area (Å²) < 4.78 is 0. The van der Waals surface area contributed by atoms with Gasteiger partial charge in [0.1, 0.15) is 0 Å². The maximum absolute atomic E-state index is 12.0. The van der Waals surface area contributed by atoms with E-state index in [1.165, 1.54) is 6.07 Å². The summed E-state index contributed by atoms with van der Waals surface area (Å²) in [6.45, 7) is 5.15. The lowest BCUT2D eigenvalue weighted by Gasteiger charge is -2.33. The number of nitrogens with zero attached hydrogens (tertiary/aromatic N) is 3. The Morgan fingerprint density at radius 1 is 1.29 bits per heavy atom. The predicted octanol–water partition coefficient (Wildman–Crippen LogP) is 1.51. The zero-order valence-electron chi connectivity index (χ0n) is 12.2. The fourth-order valence-corrected chi connectivity index (χ4v) is 2.41. The van der Waals surface area contributed by atoms with E-state index < -0.39 is 0 Å². The van der Waals surface area contributed by atoms with Crippen LogP contribution in [0.1, 0.15) is 37.2 Å². The van der Waals surface area contributed by atoms with Gasteiger partial charge in [-0.15, -0.1) is 10.2 Å². The van der Waals surface area contributed by atoms with Gasteiger partial charge >= 0.3 is 0 Å². The van der Waals surface area contributed by atoms with Crippen molar-refractivity contribution in [2.45, 2.75) is 32.7 Å². The Kier molecular flexibility index (Phi) is 5.12. The van der Waals surface area contributed by atoms with E-state index in [9.17, 15) is 9.59 Å². The summed E-state index contributed by atoms with van der Waals surface area (Å²) >= 11 is 5.64. The summed E-state index contributed by atoms with van der Waals surface area (Å²) in [4.78, 5) is 25.8. The number of hydrogen-bond acceptors (Lipinski definition) is 4. The highest BCUT2D eigenvalue weighted by Gasteiger charge is 2.25. The van der Waals surface area contributed by atoms with E-state index in [1.54, 1.807) is 6.07 Å². The van der Waals surface area contributed by atoms with E-state index in [-0.39, 0.29) is 34.6 Å². The Morgan fingerprint density at radius 2 is 1.95 bits per heavy atom. The first-order valence-corrected chi connectivity index (χ1v) is 7.44. The Morgan fingerprint density at radius 3 is 2.48 bits per heavy atom. The van der Waals surface area contributed by atoms with Crippen molar-refractivity contribution in [1.29, 1.82) is 0 Å². The van der Waals surface area contributed by atoms with E-state index in [0.717, 1.165) is 12.8 Å². The zero-order chi connectivity index (χ0) is 15.4. The minimum Gasteiger partial charge on any atom is -0.348 e. The van der Waals surface area contributed by atoms with Gasteiger partial charge in [-0.25, -0.2) is 0 Å². The molecule has 1 saturated heterocycles. The van der Waals surface area contributed by atoms with Crippen molar-refractivity contribution < 1.29 is 9.59 Å². The fraction of sp³-hybridized carbons (Fsp3) is 0.571. The average Bonchev–Trinajstić information content (AvgIpc) is 2.47. The van der Waals surface area contributed by atoms with Crippen LogP contribution in [-0.4, -0.2) is 46.0 Å². The summed E-state index contributed by atoms with van der Waals surface area (Å²) in [6, 6.07) is 3.14. The number of nitrogens with one attached hydrogen (secondary N) is 1. The molecule has 0 radical (unpaired) electrons. The minimum absolute atomic E-state index is 0.0143. The van der Waals surface area contributed by atoms with Crippen molar-refractivity contribution in [3.63, 3.8) is 0 Å². The summed E-state index contributed by atoms with van der Waals surface area (Å²) in [5.74, 6) is -0.0726. The number of hydrogen-bond donors (Lipinski definition) is 1. The molecule has 1 aromatic rings. The van der Waals surface area contributed by atoms with Gasteiger partial charge in [-0.05, 0) is 25.0 Å². The Bertz CT molecular complexity index is 510. The molecule has 21 heavy (non-hydrogen) atoms. The molecule has 2 heterocycles. The largest absolute Gasteiger partial charge is 0.348 e. The quantitative estimate of drug-likeness (QED) is 0.918. The maximum Gasteiger partial charge on any atom is 0.272 e. The first-order valence-electron chi connectivity index (χ1n) is 7.06. The number of piperidine rings is 1. The molecule has 0 saturated carbocycles. The lowest BCUT2D eigenvalue weighted by atomic mass is 10.0. The summed E-state index contributed by atoms with van der Waals surface area (Å²) in [6.07, 6.45) is 1.51. The monoisotopic (exact) mass is 310 g/mol. The molecule has 1 aromatic heterocycles. The number of rotatable bonds is 3. The van der Waals surface area contributed by atoms with Gasteiger partial charge in [0, 0.05) is 25.0 Å². The molecule has 1 N–H and O–H groups in total. The van der Waals surface area contributed by atoms with Crippen molar-refractivity contribution in [3.8, 4) is 0 Å². The molecule has 2 amide bonds. The third-order valence-corrected chi connectivity index (χ3v) is 3.70. The summed E-state index contributed by atoms with van der Waals surface area (Å²) in [7, 11) is 0. The van der Waals surface area contributed by atoms with Gasteiger partial charge < -0.3 is 10.2 Å². The molecule has 0 atom stereocenters. The second-order valence-corrected chi connectivity index (χ2v) is 5.86. The van der Waals surface area contributed by atoms with Crippen LogP contribution in [0, 0.1) is 5.92 Å². The molecular formula is C14H19ClN4O2. The van der Waals surface area contributed by atoms with Gasteiger partial charge in [0.15, 0.2) is 10.8 Å². The van der Waals surface area contributed by atoms with Gasteiger partial charge in [0.05, 0.1) is 0 Å². The molecule has 1 aliphatic heterocycles. The molecule has 0 aromatic carbocycles. The molecule has 6 nitrogen and oxygen atoms in total. The highest BCUT2D eigenvalue weighted by atomic mass is 35.5. The molecular weight excluding hydrogens is 292 g/mol. The summed E-state index contributed by atoms with van der Waals surface area (Å²) in [5.41, 5.74) is 0.250. The van der Waals surface area contributed by atoms with Gasteiger partial charge in [0.25, 0.3) is 5.91 Å². The van der Waals surface area contributed by atoms with Crippen molar-refractivity contribution in [1.82, 2.24) is 20.4 Å². The normalized spacial score (nSPS) is 16.1. The van der Waals surface area contributed by atoms with Gasteiger partial charge in [0.2, 0.25) is 5.91 Å². The van der Waals surface area contributed by atoms with E-state index in [1.807, 2.05) is 18.7 Å². The number of carbonyl (C=O) groups is 2. The predicted molar refractivity (Wildman–Crippen MR) is 78.9 cm³/mol. The highest BCUT2D eigenvalue weighted by molar-refractivity contribution is 6.29. The van der Waals surface area contributed by atoms with Gasteiger partial charge in [-0.2, -0.15) is 0 Å². The fourth-order valence-electron chi connectivity index (χ4n) is 2.31. The SMILES string of the molecule is CC(C)C(=O)N1CCC(NC(=O)c2ccc(Cl)nn2)CC1. The van der Waals surface area contributed by atoms with Gasteiger partial charge in [-0.1, -0.05) is 25.4 Å². The Balaban J connectivity index is 1.84. The maximum atomic E-state index is 12.0. The van der Waals surface area contributed by atoms with Crippen molar-refractivity contribution in [2.24, 2.45) is 5.92 Å². The molecule has 7 heteroatoms. The van der Waals surface area contributed by atoms with Crippen LogP contribution in [0.4, 0.5) is 0 Å². The molecule has 1 aliphatic rings. The van der Waals surface area contributed by atoms with Crippen LogP contribution >= 0.6 is 11.6 Å². The van der Waals surface area contributed by atoms with Crippen molar-refractivity contribution in [2.75, 3.05) is 13.1 Å². The topological polar surface area (TPSA) is 75.2 Å². The molecule has 2 rings (SSSR count). The van der Waals surface area contributed by atoms with Crippen LogP contribution in [0.15, 0.2) is 12.1 Å². The second kappa shape index (κ2) is 6.85. The minimum atomic E-state index is -0.257. The van der Waals surface area contributed by atoms with Crippen LogP contribution < -0.4 is 5.32 Å². The molecule has 114 valence electrons. The lowest BCUT2D eigenvalue weighted by Crippen LogP contribution is -2.47. The third-order valence-electron chi connectivity index (χ3n) is 3.50. The number of amides is 2. The number of aromatic nitrogens is 2. The van der Waals surface area contributed by atoms with Crippen LogP contribution in [0.5, 0.6) is 0 Å². The number of carbonyl (C=O) groups excluding carboxylic acids is 2. The van der Waals surface area contributed by atoms with Crippen molar-refractivity contribution >= 4 is 23.4 Å². The Hall–Kier alpha value is -1.69. The van der Waals surface area contributed by atoms with E-state index in [2.05, 4.69) is 15.5 Å². The van der Waals surface area contributed by atoms with Crippen molar-refractivity contribution in [3.05, 3.63) is 23.0 Å². The highest BCUT2D eigenvalue weighted by Crippen LogP contribution is 2.14. The molecule has 0 unspecified atom stereocenters. The second-order valence-electron chi connectivity index (χ2n) is 5.47. The average molecular weight is 311 g/mol. The van der Waals surface area contributed by atoms with Crippen LogP contribution in [0.3, 0.4) is 0 Å². The van der Waals surface area contributed by atoms with Gasteiger partial charge in [-0.3, -0.25) is 9.59 Å². The molecule has 0 spiro atoms. The third kappa shape index (κ3) is 4.14. The Labute approximate surface area is 128 Å². The summed E-state index contributed by atoms with van der Waals surface area (Å²) in [5, 5.41) is 10.6. The van der Waals surface area contributed by atoms with E-state index >= 15 is 0 Å². The zero-order valence-corrected chi connectivity index (χ0v) is 12.9. The molecule has 0 bridgehead atoms.